The van der Waals surface area contributed by atoms with Gasteiger partial charge < -0.3 is 10.0 Å². The van der Waals surface area contributed by atoms with Crippen LogP contribution in [0.5, 0.6) is 0 Å². The van der Waals surface area contributed by atoms with Crippen LogP contribution in [0.4, 0.5) is 5.69 Å². The summed E-state index contributed by atoms with van der Waals surface area (Å²) >= 11 is 1.84. The number of hydrogen-bond acceptors (Lipinski definition) is 3. The second kappa shape index (κ2) is 6.81. The standard InChI is InChI=1S/C13H21NOS/c1-4-13(15)11-7-5-6-8-12(11)14(2)9-10-16-3/h5-8,13,15H,4,9-10H2,1-3H3/t13-/m1/s1. The number of para-hydroxylation sites is 1. The summed E-state index contributed by atoms with van der Waals surface area (Å²) in [7, 11) is 2.08. The molecule has 0 aliphatic heterocycles. The second-order valence-electron chi connectivity index (χ2n) is 3.90. The Kier molecular flexibility index (Phi) is 5.71. The van der Waals surface area contributed by atoms with Crippen molar-refractivity contribution >= 4 is 17.4 Å². The summed E-state index contributed by atoms with van der Waals surface area (Å²) in [5.41, 5.74) is 2.18. The Morgan fingerprint density at radius 1 is 1.38 bits per heavy atom. The minimum atomic E-state index is -0.354. The Bertz CT molecular complexity index is 317. The van der Waals surface area contributed by atoms with Crippen molar-refractivity contribution in [3.63, 3.8) is 0 Å². The molecule has 90 valence electrons. The number of aliphatic hydroxyl groups is 1. The van der Waals surface area contributed by atoms with Crippen LogP contribution in [0.2, 0.25) is 0 Å². The van der Waals surface area contributed by atoms with E-state index in [9.17, 15) is 5.11 Å². The maximum absolute atomic E-state index is 9.95. The van der Waals surface area contributed by atoms with Crippen LogP contribution in [-0.2, 0) is 0 Å². The fourth-order valence-corrected chi connectivity index (χ4v) is 2.14. The predicted molar refractivity (Wildman–Crippen MR) is 73.3 cm³/mol. The second-order valence-corrected chi connectivity index (χ2v) is 4.88. The minimum absolute atomic E-state index is 0.354. The summed E-state index contributed by atoms with van der Waals surface area (Å²) in [6.45, 7) is 3.01. The van der Waals surface area contributed by atoms with E-state index in [1.54, 1.807) is 0 Å². The quantitative estimate of drug-likeness (QED) is 0.825. The normalized spacial score (nSPS) is 12.5. The first-order valence-electron chi connectivity index (χ1n) is 5.67. The zero-order chi connectivity index (χ0) is 12.0. The van der Waals surface area contributed by atoms with Crippen molar-refractivity contribution in [2.45, 2.75) is 19.4 Å². The zero-order valence-corrected chi connectivity index (χ0v) is 11.1. The lowest BCUT2D eigenvalue weighted by atomic mass is 10.0. The van der Waals surface area contributed by atoms with E-state index in [4.69, 9.17) is 0 Å². The summed E-state index contributed by atoms with van der Waals surface area (Å²) in [6, 6.07) is 8.10. The van der Waals surface area contributed by atoms with Gasteiger partial charge in [-0.1, -0.05) is 25.1 Å². The molecule has 0 unspecified atom stereocenters. The number of nitrogens with zero attached hydrogens (tertiary/aromatic N) is 1. The number of anilines is 1. The average molecular weight is 239 g/mol. The molecule has 0 fully saturated rings. The third kappa shape index (κ3) is 3.42. The van der Waals surface area contributed by atoms with Gasteiger partial charge in [0.2, 0.25) is 0 Å². The summed E-state index contributed by atoms with van der Waals surface area (Å²) in [6.07, 6.45) is 2.52. The number of hydrogen-bond donors (Lipinski definition) is 1. The van der Waals surface area contributed by atoms with Crippen LogP contribution in [0.15, 0.2) is 24.3 Å². The Labute approximate surface area is 103 Å². The van der Waals surface area contributed by atoms with Gasteiger partial charge in [0.05, 0.1) is 6.10 Å². The summed E-state index contributed by atoms with van der Waals surface area (Å²) < 4.78 is 0. The van der Waals surface area contributed by atoms with Gasteiger partial charge in [-0.15, -0.1) is 0 Å². The van der Waals surface area contributed by atoms with Crippen molar-refractivity contribution in [1.82, 2.24) is 0 Å². The van der Waals surface area contributed by atoms with Crippen molar-refractivity contribution < 1.29 is 5.11 Å². The van der Waals surface area contributed by atoms with E-state index in [0.29, 0.717) is 0 Å². The molecule has 2 nitrogen and oxygen atoms in total. The van der Waals surface area contributed by atoms with Gasteiger partial charge in [-0.2, -0.15) is 11.8 Å². The van der Waals surface area contributed by atoms with Crippen LogP contribution < -0.4 is 4.90 Å². The van der Waals surface area contributed by atoms with E-state index in [-0.39, 0.29) is 6.10 Å². The lowest BCUT2D eigenvalue weighted by Crippen LogP contribution is -2.22. The Morgan fingerprint density at radius 2 is 2.06 bits per heavy atom. The first kappa shape index (κ1) is 13.4. The molecule has 0 bridgehead atoms. The summed E-state index contributed by atoms with van der Waals surface area (Å²) in [5, 5.41) is 9.95. The maximum atomic E-state index is 9.95. The molecular formula is C13H21NOS. The first-order chi connectivity index (χ1) is 7.70. The van der Waals surface area contributed by atoms with Crippen LogP contribution in [-0.4, -0.2) is 30.7 Å². The van der Waals surface area contributed by atoms with Crippen molar-refractivity contribution in [2.24, 2.45) is 0 Å². The molecule has 0 saturated carbocycles. The van der Waals surface area contributed by atoms with Gasteiger partial charge in [-0.3, -0.25) is 0 Å². The molecule has 0 heterocycles. The lowest BCUT2D eigenvalue weighted by molar-refractivity contribution is 0.174. The van der Waals surface area contributed by atoms with E-state index < -0.39 is 0 Å². The molecule has 3 heteroatoms. The summed E-state index contributed by atoms with van der Waals surface area (Å²) in [4.78, 5) is 2.21. The molecule has 1 rings (SSSR count). The number of aliphatic hydroxyl groups excluding tert-OH is 1. The van der Waals surface area contributed by atoms with Gasteiger partial charge in [0, 0.05) is 30.6 Å². The van der Waals surface area contributed by atoms with Crippen LogP contribution in [0, 0.1) is 0 Å². The van der Waals surface area contributed by atoms with E-state index in [1.165, 1.54) is 0 Å². The average Bonchev–Trinajstić information content (AvgIpc) is 2.35. The molecule has 0 saturated heterocycles. The van der Waals surface area contributed by atoms with E-state index >= 15 is 0 Å². The third-order valence-electron chi connectivity index (χ3n) is 2.72. The van der Waals surface area contributed by atoms with E-state index in [0.717, 1.165) is 30.0 Å². The van der Waals surface area contributed by atoms with E-state index in [1.807, 2.05) is 36.9 Å². The topological polar surface area (TPSA) is 23.5 Å². The Morgan fingerprint density at radius 3 is 2.69 bits per heavy atom. The molecule has 1 N–H and O–H groups in total. The van der Waals surface area contributed by atoms with Gasteiger partial charge in [0.15, 0.2) is 0 Å². The molecule has 0 amide bonds. The SMILES string of the molecule is CC[C@@H](O)c1ccccc1N(C)CCSC. The minimum Gasteiger partial charge on any atom is -0.388 e. The summed E-state index contributed by atoms with van der Waals surface area (Å²) in [5.74, 6) is 1.10. The molecular weight excluding hydrogens is 218 g/mol. The van der Waals surface area contributed by atoms with E-state index in [2.05, 4.69) is 24.3 Å². The monoisotopic (exact) mass is 239 g/mol. The third-order valence-corrected chi connectivity index (χ3v) is 3.32. The molecule has 0 spiro atoms. The van der Waals surface area contributed by atoms with Gasteiger partial charge in [-0.05, 0) is 18.7 Å². The Balaban J connectivity index is 2.85. The first-order valence-corrected chi connectivity index (χ1v) is 7.07. The molecule has 1 aromatic carbocycles. The zero-order valence-electron chi connectivity index (χ0n) is 10.3. The number of rotatable bonds is 6. The molecule has 0 radical (unpaired) electrons. The number of benzene rings is 1. The highest BCUT2D eigenvalue weighted by Crippen LogP contribution is 2.27. The van der Waals surface area contributed by atoms with Crippen LogP contribution in [0.3, 0.4) is 0 Å². The molecule has 1 atom stereocenters. The molecule has 16 heavy (non-hydrogen) atoms. The fourth-order valence-electron chi connectivity index (χ4n) is 1.69. The Hall–Kier alpha value is -0.670. The van der Waals surface area contributed by atoms with Crippen LogP contribution in [0.25, 0.3) is 0 Å². The highest BCUT2D eigenvalue weighted by molar-refractivity contribution is 7.98. The van der Waals surface area contributed by atoms with Crippen molar-refractivity contribution in [2.75, 3.05) is 30.5 Å². The molecule has 1 aromatic rings. The van der Waals surface area contributed by atoms with Crippen LogP contribution >= 0.6 is 11.8 Å². The van der Waals surface area contributed by atoms with Gasteiger partial charge in [-0.25, -0.2) is 0 Å². The van der Waals surface area contributed by atoms with Crippen LogP contribution in [0.1, 0.15) is 25.0 Å². The molecule has 0 aromatic heterocycles. The molecule has 0 aliphatic rings. The predicted octanol–water partition coefficient (Wildman–Crippen LogP) is 2.93. The highest BCUT2D eigenvalue weighted by atomic mass is 32.2. The molecule has 0 aliphatic carbocycles. The smallest absolute Gasteiger partial charge is 0.0807 e. The van der Waals surface area contributed by atoms with Gasteiger partial charge >= 0.3 is 0 Å². The largest absolute Gasteiger partial charge is 0.388 e. The lowest BCUT2D eigenvalue weighted by Gasteiger charge is -2.24. The van der Waals surface area contributed by atoms with Crippen molar-refractivity contribution in [1.29, 1.82) is 0 Å². The van der Waals surface area contributed by atoms with Crippen molar-refractivity contribution in [3.8, 4) is 0 Å². The maximum Gasteiger partial charge on any atom is 0.0807 e. The van der Waals surface area contributed by atoms with Gasteiger partial charge in [0.25, 0.3) is 0 Å². The number of thioether (sulfide) groups is 1. The van der Waals surface area contributed by atoms with Gasteiger partial charge in [0.1, 0.15) is 0 Å². The fraction of sp³-hybridized carbons (Fsp3) is 0.538. The van der Waals surface area contributed by atoms with Crippen molar-refractivity contribution in [3.05, 3.63) is 29.8 Å². The highest BCUT2D eigenvalue weighted by Gasteiger charge is 2.12.